The molecule has 15 rings (SSSR count). The van der Waals surface area contributed by atoms with E-state index in [1.165, 1.54) is 139 Å². The van der Waals surface area contributed by atoms with Gasteiger partial charge in [0.15, 0.2) is 0 Å². The molecule has 6 aromatic carbocycles. The lowest BCUT2D eigenvalue weighted by molar-refractivity contribution is -0.384. The number of non-ortho nitro benzene ring substituents is 1. The number of likely N-dealkylation sites (tertiary alicyclic amines) is 1. The lowest BCUT2D eigenvalue weighted by Crippen LogP contribution is -2.48. The van der Waals surface area contributed by atoms with E-state index >= 15 is 0 Å². The molecule has 3 unspecified atom stereocenters. The van der Waals surface area contributed by atoms with Crippen LogP contribution in [0.25, 0.3) is 75.9 Å². The summed E-state index contributed by atoms with van der Waals surface area (Å²) in [5.74, 6) is 0. The number of epoxide rings is 3. The fourth-order valence-corrected chi connectivity index (χ4v) is 12.0. The van der Waals surface area contributed by atoms with E-state index in [1.807, 2.05) is 42.5 Å². The van der Waals surface area contributed by atoms with E-state index in [-0.39, 0.29) is 16.7 Å². The number of piperidine rings is 1. The maximum atomic E-state index is 11.0. The highest BCUT2D eigenvalue weighted by atomic mass is 35.5. The van der Waals surface area contributed by atoms with Gasteiger partial charge in [0.1, 0.15) is 0 Å². The van der Waals surface area contributed by atoms with Gasteiger partial charge >= 0.3 is 0 Å². The molecule has 0 amide bonds. The van der Waals surface area contributed by atoms with Gasteiger partial charge in [-0.2, -0.15) is 0 Å². The Morgan fingerprint density at radius 3 is 1.71 bits per heavy atom. The molecule has 9 heterocycles. The number of nitro benzene ring substituents is 1. The van der Waals surface area contributed by atoms with Crippen LogP contribution in [0.3, 0.4) is 0 Å². The van der Waals surface area contributed by atoms with Gasteiger partial charge < -0.3 is 38.1 Å². The Labute approximate surface area is 446 Å². The minimum Gasteiger partial charge on any atom is -0.372 e. The largest absolute Gasteiger partial charge is 0.372 e. The summed E-state index contributed by atoms with van der Waals surface area (Å²) in [5.41, 5.74) is 8.44. The van der Waals surface area contributed by atoms with Crippen LogP contribution in [0.4, 0.5) is 5.69 Å². The Bertz CT molecular complexity index is 3560. The summed E-state index contributed by atoms with van der Waals surface area (Å²) < 4.78 is 20.5. The van der Waals surface area contributed by atoms with Crippen LogP contribution in [-0.4, -0.2) is 131 Å². The zero-order chi connectivity index (χ0) is 50.7. The third-order valence-electron chi connectivity index (χ3n) is 15.3. The third kappa shape index (κ3) is 11.8. The molecule has 0 aliphatic carbocycles. The van der Waals surface area contributed by atoms with Gasteiger partial charge in [0, 0.05) is 120 Å². The van der Waals surface area contributed by atoms with Crippen LogP contribution in [0.1, 0.15) is 25.7 Å². The minimum atomic E-state index is -0.352. The average Bonchev–Trinajstić information content (AvgIpc) is 4.44. The van der Waals surface area contributed by atoms with Crippen molar-refractivity contribution in [3.8, 4) is 10.4 Å². The third-order valence-corrected chi connectivity index (χ3v) is 16.5. The van der Waals surface area contributed by atoms with Crippen molar-refractivity contribution in [2.24, 2.45) is 0 Å². The summed E-state index contributed by atoms with van der Waals surface area (Å²) in [6, 6.07) is 46.9. The van der Waals surface area contributed by atoms with Gasteiger partial charge in [-0.15, -0.1) is 11.3 Å². The van der Waals surface area contributed by atoms with Crippen LogP contribution in [-0.2, 0) is 27.3 Å². The van der Waals surface area contributed by atoms with E-state index in [1.54, 1.807) is 23.5 Å². The maximum absolute atomic E-state index is 11.0. The Morgan fingerprint density at radius 1 is 0.533 bits per heavy atom. The van der Waals surface area contributed by atoms with E-state index in [0.717, 1.165) is 59.7 Å². The molecule has 12 nitrogen and oxygen atoms in total. The molecule has 5 aliphatic heterocycles. The highest BCUT2D eigenvalue weighted by Gasteiger charge is 2.28. The summed E-state index contributed by atoms with van der Waals surface area (Å²) in [6.45, 7) is 15.8. The van der Waals surface area contributed by atoms with E-state index in [0.29, 0.717) is 12.2 Å². The number of piperazine rings is 1. The zero-order valence-electron chi connectivity index (χ0n) is 42.3. The molecule has 14 heteroatoms. The molecule has 10 aromatic rings. The summed E-state index contributed by atoms with van der Waals surface area (Å²) in [4.78, 5) is 23.2. The van der Waals surface area contributed by atoms with Crippen molar-refractivity contribution in [1.82, 2.24) is 28.8 Å². The summed E-state index contributed by atoms with van der Waals surface area (Å²) in [6.07, 6.45) is 6.84. The number of para-hydroxylation sites is 3. The first kappa shape index (κ1) is 49.7. The number of halogens is 1. The first-order valence-corrected chi connectivity index (χ1v) is 28.0. The Morgan fingerprint density at radius 2 is 1.08 bits per heavy atom. The van der Waals surface area contributed by atoms with Gasteiger partial charge in [0.25, 0.3) is 5.69 Å². The van der Waals surface area contributed by atoms with E-state index in [4.69, 9.17) is 25.8 Å². The van der Waals surface area contributed by atoms with Gasteiger partial charge in [0.2, 0.25) is 0 Å². The molecular formula is C61H64ClN7O5S. The normalized spacial score (nSPS) is 19.7. The highest BCUT2D eigenvalue weighted by molar-refractivity contribution is 7.13. The molecule has 5 fully saturated rings. The first-order chi connectivity index (χ1) is 36.9. The molecule has 1 N–H and O–H groups in total. The van der Waals surface area contributed by atoms with Crippen molar-refractivity contribution in [2.45, 2.75) is 57.1 Å². The fourth-order valence-electron chi connectivity index (χ4n) is 11.1. The van der Waals surface area contributed by atoms with E-state index in [2.05, 4.69) is 119 Å². The molecule has 0 saturated carbocycles. The van der Waals surface area contributed by atoms with Crippen molar-refractivity contribution < 1.29 is 19.1 Å². The lowest BCUT2D eigenvalue weighted by Gasteiger charge is -2.35. The molecule has 0 radical (unpaired) electrons. The number of nitrogens with zero attached hydrogens (tertiary/aromatic N) is 6. The number of aromatic amines is 1. The molecule has 0 spiro atoms. The number of H-pyrrole nitrogens is 1. The first-order valence-electron chi connectivity index (χ1n) is 26.8. The average molecular weight is 1040 g/mol. The van der Waals surface area contributed by atoms with Crippen molar-refractivity contribution in [1.29, 1.82) is 0 Å². The molecule has 3 atom stereocenters. The quantitative estimate of drug-likeness (QED) is 0.0731. The van der Waals surface area contributed by atoms with Crippen LogP contribution in [0.2, 0.25) is 5.02 Å². The molecule has 4 aromatic heterocycles. The van der Waals surface area contributed by atoms with Crippen molar-refractivity contribution >= 4 is 94.0 Å². The highest BCUT2D eigenvalue weighted by Crippen LogP contribution is 2.35. The minimum absolute atomic E-state index is 0.128. The number of nitro groups is 1. The van der Waals surface area contributed by atoms with E-state index in [9.17, 15) is 10.1 Å². The van der Waals surface area contributed by atoms with Gasteiger partial charge in [-0.1, -0.05) is 84.8 Å². The lowest BCUT2D eigenvalue weighted by atomic mass is 10.1. The number of rotatable bonds is 12. The SMILES string of the molecule is C1CCN(CCCN2CCN(CC3CO3)CC2)CC1.Clc1ccc2c(c1)c1ccccc1n2CC1CO1.O=[N+]([O-])c1ccc2c(c1)c1ccccc1n2CC1CO1.c1csc(-c2ccc3[nH]c4ccccc4c3c2)c1. The molecule has 5 saturated heterocycles. The Kier molecular flexibility index (Phi) is 15.0. The topological polar surface area (TPSA) is 116 Å². The monoisotopic (exact) mass is 1040 g/mol. The second-order valence-corrected chi connectivity index (χ2v) is 21.9. The van der Waals surface area contributed by atoms with Crippen LogP contribution in [0, 0.1) is 10.1 Å². The predicted molar refractivity (Wildman–Crippen MR) is 307 cm³/mol. The van der Waals surface area contributed by atoms with Crippen molar-refractivity contribution in [3.05, 3.63) is 160 Å². The smallest absolute Gasteiger partial charge is 0.270 e. The standard InChI is InChI=1S/C16H11NS.C15H12ClNO.C15H29N3O.C15H12N2O3/c1-2-5-14-12(4-1)13-10-11(7-8-15(13)17-14)16-6-3-9-18-16;16-10-5-6-15-13(7-10)12-3-1-2-4-14(12)17(15)8-11-9-18-11;1-2-5-16(6-3-1)7-4-8-17-9-11-18(12-10-17)13-15-14-19-15;18-17(19)10-5-6-15-13(7-10)12-3-1-2-4-14(12)16(15)8-11-9-20-11/h1-10,17H;1-7,11H,8-9H2;15H,1-14H2;1-7,11H,8-9H2. The number of nitrogens with one attached hydrogen (secondary N) is 1. The summed E-state index contributed by atoms with van der Waals surface area (Å²) in [5, 5.41) is 20.9. The number of benzene rings is 6. The maximum Gasteiger partial charge on any atom is 0.270 e. The molecule has 0 bridgehead atoms. The van der Waals surface area contributed by atoms with Crippen LogP contribution in [0.15, 0.2) is 145 Å². The van der Waals surface area contributed by atoms with Gasteiger partial charge in [-0.05, 0) is 117 Å². The van der Waals surface area contributed by atoms with Gasteiger partial charge in [-0.3, -0.25) is 15.0 Å². The number of fused-ring (bicyclic) bond motifs is 9. The molecule has 5 aliphatic rings. The number of thiophene rings is 1. The Hall–Kier alpha value is -6.13. The van der Waals surface area contributed by atoms with Crippen LogP contribution < -0.4 is 0 Å². The van der Waals surface area contributed by atoms with Crippen LogP contribution in [0.5, 0.6) is 0 Å². The summed E-state index contributed by atoms with van der Waals surface area (Å²) >= 11 is 7.89. The zero-order valence-corrected chi connectivity index (χ0v) is 43.9. The summed E-state index contributed by atoms with van der Waals surface area (Å²) in [7, 11) is 0. The van der Waals surface area contributed by atoms with E-state index < -0.39 is 0 Å². The second kappa shape index (κ2) is 22.6. The predicted octanol–water partition coefficient (Wildman–Crippen LogP) is 12.9. The fraction of sp³-hybridized carbons (Fsp3) is 0.344. The molecular weight excluding hydrogens is 978 g/mol. The van der Waals surface area contributed by atoms with Gasteiger partial charge in [0.05, 0.1) is 56.1 Å². The number of aromatic nitrogens is 3. The number of ether oxygens (including phenoxy) is 3. The van der Waals surface area contributed by atoms with Crippen LogP contribution >= 0.6 is 22.9 Å². The number of hydrogen-bond donors (Lipinski definition) is 1. The van der Waals surface area contributed by atoms with Gasteiger partial charge in [-0.25, -0.2) is 0 Å². The van der Waals surface area contributed by atoms with Crippen molar-refractivity contribution in [2.75, 3.05) is 78.7 Å². The Balaban J connectivity index is 0.000000101. The number of hydrogen-bond acceptors (Lipinski definition) is 9. The molecule has 75 heavy (non-hydrogen) atoms. The second-order valence-electron chi connectivity index (χ2n) is 20.5. The molecule has 386 valence electrons. The van der Waals surface area contributed by atoms with Crippen molar-refractivity contribution in [3.63, 3.8) is 0 Å².